The number of aliphatic hydroxyl groups is 1. The number of hydrogen-bond acceptors (Lipinski definition) is 3. The summed E-state index contributed by atoms with van der Waals surface area (Å²) in [5.74, 6) is 0. The molecule has 54 valence electrons. The van der Waals surface area contributed by atoms with Crippen LogP contribution < -0.4 is 5.32 Å². The monoisotopic (exact) mass is 130 g/mol. The third-order valence-corrected chi connectivity index (χ3v) is 1.86. The van der Waals surface area contributed by atoms with E-state index in [1.165, 1.54) is 0 Å². The first-order valence-electron chi connectivity index (χ1n) is 3.33. The summed E-state index contributed by atoms with van der Waals surface area (Å²) in [6, 6.07) is 0. The van der Waals surface area contributed by atoms with Gasteiger partial charge in [0, 0.05) is 13.1 Å². The molecule has 9 heavy (non-hydrogen) atoms. The topological polar surface area (TPSA) is 35.5 Å². The van der Waals surface area contributed by atoms with Gasteiger partial charge in [0.05, 0.1) is 12.3 Å². The fourth-order valence-electron chi connectivity index (χ4n) is 0.987. The molecule has 1 heterocycles. The lowest BCUT2D eigenvalue weighted by atomic mass is 10.1. The van der Waals surface area contributed by atoms with Gasteiger partial charge >= 0.3 is 0 Å². The maximum absolute atomic E-state index is 8.89. The van der Waals surface area contributed by atoms with Crippen LogP contribution in [0.3, 0.4) is 0 Å². The van der Waals surface area contributed by atoms with Crippen LogP contribution in [0.25, 0.3) is 0 Å². The predicted octanol–water partition coefficient (Wildman–Crippen LogP) is -0.772. The summed E-state index contributed by atoms with van der Waals surface area (Å²) in [5.41, 5.74) is 0. The van der Waals surface area contributed by atoms with Crippen molar-refractivity contribution in [3.05, 3.63) is 0 Å². The van der Waals surface area contributed by atoms with Crippen LogP contribution in [-0.2, 0) is 0 Å². The van der Waals surface area contributed by atoms with Gasteiger partial charge in [0.1, 0.15) is 0 Å². The fourth-order valence-corrected chi connectivity index (χ4v) is 0.987. The summed E-state index contributed by atoms with van der Waals surface area (Å²) in [5, 5.41) is 12.0. The normalized spacial score (nSPS) is 25.7. The van der Waals surface area contributed by atoms with Gasteiger partial charge in [-0.25, -0.2) is 0 Å². The van der Waals surface area contributed by atoms with Crippen molar-refractivity contribution in [2.75, 3.05) is 20.1 Å². The maximum Gasteiger partial charge on any atom is 0.0795 e. The zero-order chi connectivity index (χ0) is 6.85. The highest BCUT2D eigenvalue weighted by molar-refractivity contribution is 4.81. The second-order valence-corrected chi connectivity index (χ2v) is 2.57. The number of aliphatic hydroxyl groups excluding tert-OH is 1. The Morgan fingerprint density at radius 3 is 2.56 bits per heavy atom. The molecule has 0 unspecified atom stereocenters. The smallest absolute Gasteiger partial charge is 0.0795 e. The van der Waals surface area contributed by atoms with Gasteiger partial charge in [-0.15, -0.1) is 0 Å². The number of likely N-dealkylation sites (tertiary alicyclic amines) is 1. The molecular formula is C6H14N2O. The lowest BCUT2D eigenvalue weighted by molar-refractivity contribution is -0.0265. The van der Waals surface area contributed by atoms with E-state index in [0.29, 0.717) is 6.17 Å². The Kier molecular flexibility index (Phi) is 2.05. The first kappa shape index (κ1) is 6.99. The van der Waals surface area contributed by atoms with Gasteiger partial charge in [-0.2, -0.15) is 0 Å². The van der Waals surface area contributed by atoms with Gasteiger partial charge in [0.25, 0.3) is 0 Å². The molecule has 0 radical (unpaired) electrons. The zero-order valence-electron chi connectivity index (χ0n) is 5.96. The summed E-state index contributed by atoms with van der Waals surface area (Å²) < 4.78 is 0. The molecule has 0 spiro atoms. The molecular weight excluding hydrogens is 116 g/mol. The van der Waals surface area contributed by atoms with Crippen LogP contribution in [0, 0.1) is 0 Å². The van der Waals surface area contributed by atoms with E-state index < -0.39 is 0 Å². The van der Waals surface area contributed by atoms with Crippen molar-refractivity contribution in [1.29, 1.82) is 0 Å². The van der Waals surface area contributed by atoms with E-state index in [9.17, 15) is 0 Å². The molecule has 2 N–H and O–H groups in total. The van der Waals surface area contributed by atoms with Crippen molar-refractivity contribution in [2.45, 2.75) is 19.2 Å². The molecule has 1 fully saturated rings. The fraction of sp³-hybridized carbons (Fsp3) is 1.00. The zero-order valence-corrected chi connectivity index (χ0v) is 5.96. The Labute approximate surface area is 55.7 Å². The second-order valence-electron chi connectivity index (χ2n) is 2.57. The molecule has 1 aliphatic heterocycles. The molecule has 3 nitrogen and oxygen atoms in total. The van der Waals surface area contributed by atoms with Gasteiger partial charge < -0.3 is 10.4 Å². The molecule has 1 aliphatic rings. The minimum absolute atomic E-state index is 0.0826. The Morgan fingerprint density at radius 2 is 2.22 bits per heavy atom. The van der Waals surface area contributed by atoms with Crippen LogP contribution in [0.2, 0.25) is 0 Å². The molecule has 0 aromatic heterocycles. The summed E-state index contributed by atoms with van der Waals surface area (Å²) >= 11 is 0. The summed E-state index contributed by atoms with van der Waals surface area (Å²) in [7, 11) is 1.93. The molecule has 1 saturated heterocycles. The third kappa shape index (κ3) is 1.41. The largest absolute Gasteiger partial charge is 0.390 e. The summed E-state index contributed by atoms with van der Waals surface area (Å²) in [4.78, 5) is 2.19. The second kappa shape index (κ2) is 2.64. The molecule has 0 aromatic rings. The number of rotatable bonds is 2. The Bertz CT molecular complexity index is 91.1. The highest BCUT2D eigenvalue weighted by Gasteiger charge is 2.27. The molecule has 0 aliphatic carbocycles. The first-order valence-corrected chi connectivity index (χ1v) is 3.33. The molecule has 0 saturated carbocycles. The first-order chi connectivity index (χ1) is 4.24. The van der Waals surface area contributed by atoms with Gasteiger partial charge in [-0.1, -0.05) is 0 Å². The summed E-state index contributed by atoms with van der Waals surface area (Å²) in [6.45, 7) is 3.73. The lowest BCUT2D eigenvalue weighted by Crippen LogP contribution is -2.57. The van der Waals surface area contributed by atoms with Crippen molar-refractivity contribution in [2.24, 2.45) is 0 Å². The van der Waals surface area contributed by atoms with E-state index in [1.807, 2.05) is 7.05 Å². The van der Waals surface area contributed by atoms with Crippen molar-refractivity contribution in [3.8, 4) is 0 Å². The molecule has 1 rings (SSSR count). The number of β-amino-alcohol motifs (C(OH)–C–C–N with tert-alkyl or cyclic N) is 1. The quantitative estimate of drug-likeness (QED) is 0.515. The van der Waals surface area contributed by atoms with Crippen molar-refractivity contribution < 1.29 is 5.11 Å². The number of nitrogens with zero attached hydrogens (tertiary/aromatic N) is 1. The molecule has 0 bridgehead atoms. The van der Waals surface area contributed by atoms with E-state index >= 15 is 0 Å². The average Bonchev–Trinajstić information content (AvgIpc) is 1.79. The number of nitrogens with one attached hydrogen (secondary N) is 1. The Hall–Kier alpha value is -0.120. The maximum atomic E-state index is 8.89. The van der Waals surface area contributed by atoms with Crippen molar-refractivity contribution in [1.82, 2.24) is 10.2 Å². The molecule has 0 amide bonds. The predicted molar refractivity (Wildman–Crippen MR) is 36.1 cm³/mol. The lowest BCUT2D eigenvalue weighted by Gasteiger charge is -2.40. The van der Waals surface area contributed by atoms with E-state index in [-0.39, 0.29) is 6.10 Å². The van der Waals surface area contributed by atoms with Crippen molar-refractivity contribution in [3.63, 3.8) is 0 Å². The van der Waals surface area contributed by atoms with Crippen LogP contribution in [0.1, 0.15) is 6.92 Å². The van der Waals surface area contributed by atoms with Crippen LogP contribution in [0.4, 0.5) is 0 Å². The van der Waals surface area contributed by atoms with E-state index in [2.05, 4.69) is 17.1 Å². The van der Waals surface area contributed by atoms with Gasteiger partial charge in [0.15, 0.2) is 0 Å². The van der Waals surface area contributed by atoms with E-state index in [0.717, 1.165) is 13.1 Å². The number of hydrogen-bond donors (Lipinski definition) is 2. The van der Waals surface area contributed by atoms with Gasteiger partial charge in [0.2, 0.25) is 0 Å². The standard InChI is InChI=1S/C6H14N2O/c1-5(7-2)8-3-6(9)4-8/h5-7,9H,3-4H2,1-2H3/t5-/m0/s1. The van der Waals surface area contributed by atoms with Crippen LogP contribution in [-0.4, -0.2) is 42.4 Å². The average molecular weight is 130 g/mol. The SMILES string of the molecule is CN[C@H](C)N1CC(O)C1. The highest BCUT2D eigenvalue weighted by atomic mass is 16.3. The summed E-state index contributed by atoms with van der Waals surface area (Å²) in [6.07, 6.45) is 0.328. The molecule has 3 heteroatoms. The minimum atomic E-state index is -0.0826. The van der Waals surface area contributed by atoms with E-state index in [1.54, 1.807) is 0 Å². The van der Waals surface area contributed by atoms with Crippen LogP contribution >= 0.6 is 0 Å². The molecule has 0 aromatic carbocycles. The van der Waals surface area contributed by atoms with Crippen LogP contribution in [0.15, 0.2) is 0 Å². The van der Waals surface area contributed by atoms with Crippen molar-refractivity contribution >= 4 is 0 Å². The molecule has 1 atom stereocenters. The van der Waals surface area contributed by atoms with Gasteiger partial charge in [-0.05, 0) is 14.0 Å². The van der Waals surface area contributed by atoms with E-state index in [4.69, 9.17) is 5.11 Å². The Morgan fingerprint density at radius 1 is 1.67 bits per heavy atom. The third-order valence-electron chi connectivity index (χ3n) is 1.86. The van der Waals surface area contributed by atoms with Crippen LogP contribution in [0.5, 0.6) is 0 Å². The highest BCUT2D eigenvalue weighted by Crippen LogP contribution is 2.08. The minimum Gasteiger partial charge on any atom is -0.390 e. The Balaban J connectivity index is 2.15. The van der Waals surface area contributed by atoms with Gasteiger partial charge in [-0.3, -0.25) is 4.90 Å².